The van der Waals surface area contributed by atoms with Crippen LogP contribution in [0.25, 0.3) is 0 Å². The van der Waals surface area contributed by atoms with Crippen LogP contribution in [0.3, 0.4) is 0 Å². The van der Waals surface area contributed by atoms with Gasteiger partial charge in [0.1, 0.15) is 17.6 Å². The summed E-state index contributed by atoms with van der Waals surface area (Å²) in [5.41, 5.74) is 2.36. The predicted octanol–water partition coefficient (Wildman–Crippen LogP) is 2.31. The van der Waals surface area contributed by atoms with Crippen molar-refractivity contribution < 1.29 is 9.59 Å². The maximum Gasteiger partial charge on any atom is 0.271 e. The molecule has 2 amide bonds. The number of carbonyl (C=O) groups is 2. The molecule has 0 radical (unpaired) electrons. The van der Waals surface area contributed by atoms with Crippen LogP contribution in [0, 0.1) is 6.92 Å². The van der Waals surface area contributed by atoms with Crippen LogP contribution in [0.2, 0.25) is 0 Å². The Hall–Kier alpha value is -3.00. The molecule has 1 aromatic carbocycles. The lowest BCUT2D eigenvalue weighted by atomic mass is 10.2. The van der Waals surface area contributed by atoms with Crippen molar-refractivity contribution in [1.82, 2.24) is 20.1 Å². The molecule has 4 rings (SSSR count). The first-order valence-electron chi connectivity index (χ1n) is 9.12. The molecule has 1 N–H and O–H groups in total. The van der Waals surface area contributed by atoms with Crippen molar-refractivity contribution in [1.29, 1.82) is 0 Å². The number of benzene rings is 1. The summed E-state index contributed by atoms with van der Waals surface area (Å²) in [5, 5.41) is 9.74. The molecule has 2 aromatic heterocycles. The number of nitrogens with one attached hydrogen (secondary N) is 1. The summed E-state index contributed by atoms with van der Waals surface area (Å²) >= 11 is 1.45. The van der Waals surface area contributed by atoms with Crippen LogP contribution >= 0.6 is 11.3 Å². The van der Waals surface area contributed by atoms with Gasteiger partial charge in [-0.25, -0.2) is 4.98 Å². The van der Waals surface area contributed by atoms with E-state index in [2.05, 4.69) is 15.4 Å². The van der Waals surface area contributed by atoms with Crippen LogP contribution in [0.1, 0.15) is 33.2 Å². The lowest BCUT2D eigenvalue weighted by Crippen LogP contribution is -2.42. The molecular formula is C20H21N5O2S. The van der Waals surface area contributed by atoms with Crippen LogP contribution in [0.15, 0.2) is 41.8 Å². The van der Waals surface area contributed by atoms with E-state index < -0.39 is 6.04 Å². The van der Waals surface area contributed by atoms with Crippen molar-refractivity contribution in [3.8, 4) is 0 Å². The minimum atomic E-state index is -0.540. The molecule has 1 unspecified atom stereocenters. The fraction of sp³-hybridized carbons (Fsp3) is 0.300. The number of hydrogen-bond donors (Lipinski definition) is 1. The number of hydrogen-bond acceptors (Lipinski definition) is 5. The Bertz CT molecular complexity index is 1010. The van der Waals surface area contributed by atoms with Crippen LogP contribution in [0.4, 0.5) is 5.82 Å². The molecule has 1 fully saturated rings. The summed E-state index contributed by atoms with van der Waals surface area (Å²) in [6.07, 6.45) is 1.25. The predicted molar refractivity (Wildman–Crippen MR) is 108 cm³/mol. The van der Waals surface area contributed by atoms with Gasteiger partial charge in [-0.1, -0.05) is 30.3 Å². The van der Waals surface area contributed by atoms with Crippen LogP contribution in [-0.2, 0) is 18.3 Å². The van der Waals surface area contributed by atoms with Gasteiger partial charge < -0.3 is 5.32 Å². The number of thiazole rings is 1. The number of aryl methyl sites for hydroxylation is 2. The minimum absolute atomic E-state index is 0.115. The first-order valence-corrected chi connectivity index (χ1v) is 10.0. The van der Waals surface area contributed by atoms with Gasteiger partial charge in [0.25, 0.3) is 11.8 Å². The Morgan fingerprint density at radius 1 is 1.32 bits per heavy atom. The van der Waals surface area contributed by atoms with Crippen molar-refractivity contribution in [3.05, 3.63) is 63.7 Å². The number of aromatic nitrogens is 3. The zero-order chi connectivity index (χ0) is 19.7. The molecule has 0 aliphatic carbocycles. The van der Waals surface area contributed by atoms with E-state index in [9.17, 15) is 9.59 Å². The first kappa shape index (κ1) is 18.4. The highest BCUT2D eigenvalue weighted by Crippen LogP contribution is 2.22. The van der Waals surface area contributed by atoms with E-state index in [1.54, 1.807) is 15.0 Å². The molecule has 1 aliphatic heterocycles. The highest BCUT2D eigenvalue weighted by atomic mass is 32.1. The second-order valence-corrected chi connectivity index (χ2v) is 7.80. The van der Waals surface area contributed by atoms with E-state index >= 15 is 0 Å². The number of nitrogens with zero attached hydrogens (tertiary/aromatic N) is 4. The van der Waals surface area contributed by atoms with Gasteiger partial charge in [0.2, 0.25) is 0 Å². The lowest BCUT2D eigenvalue weighted by Gasteiger charge is -2.16. The van der Waals surface area contributed by atoms with E-state index in [0.717, 1.165) is 22.1 Å². The Morgan fingerprint density at radius 2 is 2.11 bits per heavy atom. The van der Waals surface area contributed by atoms with E-state index in [1.807, 2.05) is 50.4 Å². The molecule has 1 saturated heterocycles. The molecule has 0 spiro atoms. The molecule has 3 aromatic rings. The third-order valence-electron chi connectivity index (χ3n) is 4.75. The maximum atomic E-state index is 12.7. The van der Waals surface area contributed by atoms with E-state index in [1.165, 1.54) is 11.3 Å². The molecule has 3 heterocycles. The summed E-state index contributed by atoms with van der Waals surface area (Å²) < 4.78 is 1.69. The quantitative estimate of drug-likeness (QED) is 0.719. The van der Waals surface area contributed by atoms with Crippen molar-refractivity contribution >= 4 is 29.0 Å². The van der Waals surface area contributed by atoms with Crippen molar-refractivity contribution in [2.75, 3.05) is 11.4 Å². The number of amides is 2. The van der Waals surface area contributed by atoms with Gasteiger partial charge in [-0.15, -0.1) is 11.3 Å². The second-order valence-electron chi connectivity index (χ2n) is 6.86. The SMILES string of the molecule is Cc1cc(N2CCC(NC(=O)c3csc(Cc4ccccc4)n3)C2=O)n(C)n1. The summed E-state index contributed by atoms with van der Waals surface area (Å²) in [6.45, 7) is 2.44. The molecule has 1 atom stereocenters. The van der Waals surface area contributed by atoms with E-state index in [-0.39, 0.29) is 11.8 Å². The third-order valence-corrected chi connectivity index (χ3v) is 5.60. The van der Waals surface area contributed by atoms with Crippen molar-refractivity contribution in [3.63, 3.8) is 0 Å². The molecule has 8 heteroatoms. The van der Waals surface area contributed by atoms with E-state index in [0.29, 0.717) is 25.1 Å². The highest BCUT2D eigenvalue weighted by Gasteiger charge is 2.35. The summed E-state index contributed by atoms with van der Waals surface area (Å²) in [4.78, 5) is 31.4. The van der Waals surface area contributed by atoms with Gasteiger partial charge in [0.05, 0.1) is 10.7 Å². The Morgan fingerprint density at radius 3 is 2.82 bits per heavy atom. The van der Waals surface area contributed by atoms with Crippen molar-refractivity contribution in [2.45, 2.75) is 25.8 Å². The Kier molecular flexibility index (Phi) is 4.95. The van der Waals surface area contributed by atoms with Crippen LogP contribution in [0.5, 0.6) is 0 Å². The molecule has 28 heavy (non-hydrogen) atoms. The molecule has 144 valence electrons. The zero-order valence-electron chi connectivity index (χ0n) is 15.8. The lowest BCUT2D eigenvalue weighted by molar-refractivity contribution is -0.118. The summed E-state index contributed by atoms with van der Waals surface area (Å²) in [5.74, 6) is 0.325. The first-order chi connectivity index (χ1) is 13.5. The molecule has 0 saturated carbocycles. The highest BCUT2D eigenvalue weighted by molar-refractivity contribution is 7.09. The molecule has 0 bridgehead atoms. The standard InChI is InChI=1S/C20H21N5O2S/c1-13-10-18(24(2)23-13)25-9-8-15(20(25)27)22-19(26)16-12-28-17(21-16)11-14-6-4-3-5-7-14/h3-7,10,12,15H,8-9,11H2,1-2H3,(H,22,26). The molecular weight excluding hydrogens is 374 g/mol. The Labute approximate surface area is 167 Å². The maximum absolute atomic E-state index is 12.7. The fourth-order valence-electron chi connectivity index (χ4n) is 3.39. The van der Waals surface area contributed by atoms with Crippen LogP contribution < -0.4 is 10.2 Å². The smallest absolute Gasteiger partial charge is 0.271 e. The van der Waals surface area contributed by atoms with Gasteiger partial charge in [-0.05, 0) is 18.9 Å². The second kappa shape index (κ2) is 7.55. The van der Waals surface area contributed by atoms with E-state index in [4.69, 9.17) is 0 Å². The fourth-order valence-corrected chi connectivity index (χ4v) is 4.20. The zero-order valence-corrected chi connectivity index (χ0v) is 16.6. The normalized spacial score (nSPS) is 16.6. The average Bonchev–Trinajstić information content (AvgIpc) is 3.36. The van der Waals surface area contributed by atoms with Gasteiger partial charge in [-0.3, -0.25) is 19.2 Å². The molecule has 1 aliphatic rings. The number of rotatable bonds is 5. The Balaban J connectivity index is 1.40. The van der Waals surface area contributed by atoms with Crippen molar-refractivity contribution in [2.24, 2.45) is 7.05 Å². The number of anilines is 1. The summed E-state index contributed by atoms with van der Waals surface area (Å²) in [7, 11) is 1.81. The number of carbonyl (C=O) groups excluding carboxylic acids is 2. The third kappa shape index (κ3) is 3.68. The average molecular weight is 395 g/mol. The minimum Gasteiger partial charge on any atom is -0.339 e. The molecule has 7 nitrogen and oxygen atoms in total. The summed E-state index contributed by atoms with van der Waals surface area (Å²) in [6, 6.07) is 11.3. The van der Waals surface area contributed by atoms with Gasteiger partial charge in [0, 0.05) is 31.5 Å². The van der Waals surface area contributed by atoms with Gasteiger partial charge >= 0.3 is 0 Å². The largest absolute Gasteiger partial charge is 0.339 e. The monoisotopic (exact) mass is 395 g/mol. The van der Waals surface area contributed by atoms with Gasteiger partial charge in [-0.2, -0.15) is 5.10 Å². The topological polar surface area (TPSA) is 80.1 Å². The van der Waals surface area contributed by atoms with Gasteiger partial charge in [0.15, 0.2) is 0 Å². The van der Waals surface area contributed by atoms with Crippen LogP contribution in [-0.4, -0.2) is 39.2 Å².